The van der Waals surface area contributed by atoms with Gasteiger partial charge in [0.25, 0.3) is 11.8 Å². The van der Waals surface area contributed by atoms with Crippen LogP contribution in [0.4, 0.5) is 10.7 Å². The van der Waals surface area contributed by atoms with E-state index in [9.17, 15) is 9.59 Å². The fourth-order valence-electron chi connectivity index (χ4n) is 2.19. The van der Waals surface area contributed by atoms with Crippen LogP contribution in [0.5, 0.6) is 0 Å². The quantitative estimate of drug-likeness (QED) is 0.812. The number of carbonyl (C=O) groups is 2. The van der Waals surface area contributed by atoms with Crippen molar-refractivity contribution in [2.24, 2.45) is 5.73 Å². The summed E-state index contributed by atoms with van der Waals surface area (Å²) in [5.41, 5.74) is 14.6. The molecule has 1 aromatic heterocycles. The maximum atomic E-state index is 12.4. The number of aryl methyl sites for hydroxylation is 2. The molecule has 0 atom stereocenters. The van der Waals surface area contributed by atoms with Crippen LogP contribution in [-0.4, -0.2) is 11.8 Å². The van der Waals surface area contributed by atoms with Crippen molar-refractivity contribution in [2.45, 2.75) is 20.8 Å². The molecule has 1 aromatic carbocycles. The Balaban J connectivity index is 2.33. The van der Waals surface area contributed by atoms with Crippen LogP contribution in [0, 0.1) is 20.8 Å². The number of anilines is 2. The summed E-state index contributed by atoms with van der Waals surface area (Å²) in [4.78, 5) is 24.1. The zero-order valence-corrected chi connectivity index (χ0v) is 12.9. The Bertz CT molecular complexity index is 735. The van der Waals surface area contributed by atoms with Crippen LogP contribution < -0.4 is 16.8 Å². The molecule has 0 aliphatic rings. The Morgan fingerprint density at radius 3 is 2.38 bits per heavy atom. The summed E-state index contributed by atoms with van der Waals surface area (Å²) in [7, 11) is 0. The maximum absolute atomic E-state index is 12.4. The lowest BCUT2D eigenvalue weighted by atomic mass is 10.1. The zero-order chi connectivity index (χ0) is 15.7. The minimum Gasteiger partial charge on any atom is -0.390 e. The molecule has 5 nitrogen and oxygen atoms in total. The number of benzene rings is 1. The van der Waals surface area contributed by atoms with Crippen LogP contribution >= 0.6 is 11.3 Å². The first kappa shape index (κ1) is 15.1. The summed E-state index contributed by atoms with van der Waals surface area (Å²) in [6, 6.07) is 5.76. The first-order chi connectivity index (χ1) is 9.81. The van der Waals surface area contributed by atoms with Gasteiger partial charge in [0.15, 0.2) is 0 Å². The Morgan fingerprint density at radius 2 is 1.86 bits per heavy atom. The van der Waals surface area contributed by atoms with Crippen LogP contribution in [0.15, 0.2) is 18.2 Å². The SMILES string of the molecule is Cc1ccc(NC(=O)c2sc(N)c(C(N)=O)c2C)c(C)c1. The summed E-state index contributed by atoms with van der Waals surface area (Å²) in [5, 5.41) is 3.11. The van der Waals surface area contributed by atoms with Crippen LogP contribution in [0.1, 0.15) is 36.7 Å². The lowest BCUT2D eigenvalue weighted by Crippen LogP contribution is -2.15. The summed E-state index contributed by atoms with van der Waals surface area (Å²) in [6.07, 6.45) is 0. The summed E-state index contributed by atoms with van der Waals surface area (Å²) in [6.45, 7) is 5.58. The van der Waals surface area contributed by atoms with Gasteiger partial charge >= 0.3 is 0 Å². The van der Waals surface area contributed by atoms with Crippen molar-refractivity contribution in [1.82, 2.24) is 0 Å². The molecule has 0 bridgehead atoms. The van der Waals surface area contributed by atoms with E-state index in [1.165, 1.54) is 0 Å². The third kappa shape index (κ3) is 2.90. The van der Waals surface area contributed by atoms with Gasteiger partial charge in [-0.25, -0.2) is 0 Å². The molecule has 0 saturated carbocycles. The number of hydrogen-bond donors (Lipinski definition) is 3. The van der Waals surface area contributed by atoms with Gasteiger partial charge < -0.3 is 16.8 Å². The molecule has 0 spiro atoms. The molecule has 0 aliphatic carbocycles. The fraction of sp³-hybridized carbons (Fsp3) is 0.200. The molecule has 0 fully saturated rings. The normalized spacial score (nSPS) is 10.4. The van der Waals surface area contributed by atoms with Crippen molar-refractivity contribution >= 4 is 33.8 Å². The maximum Gasteiger partial charge on any atom is 0.266 e. The summed E-state index contributed by atoms with van der Waals surface area (Å²) >= 11 is 1.07. The third-order valence-electron chi connectivity index (χ3n) is 3.26. The second-order valence-corrected chi connectivity index (χ2v) is 5.98. The van der Waals surface area contributed by atoms with E-state index in [-0.39, 0.29) is 16.5 Å². The molecule has 6 heteroatoms. The molecular weight excluding hydrogens is 286 g/mol. The molecule has 0 saturated heterocycles. The molecule has 2 aromatic rings. The van der Waals surface area contributed by atoms with Crippen LogP contribution in [0.3, 0.4) is 0 Å². The molecule has 5 N–H and O–H groups in total. The van der Waals surface area contributed by atoms with E-state index in [1.807, 2.05) is 32.0 Å². The average molecular weight is 303 g/mol. The molecule has 2 amide bonds. The lowest BCUT2D eigenvalue weighted by Gasteiger charge is -2.08. The highest BCUT2D eigenvalue weighted by atomic mass is 32.1. The van der Waals surface area contributed by atoms with Crippen LogP contribution in [0.25, 0.3) is 0 Å². The second-order valence-electron chi connectivity index (χ2n) is 4.93. The van der Waals surface area contributed by atoms with Crippen molar-refractivity contribution in [3.63, 3.8) is 0 Å². The van der Waals surface area contributed by atoms with Gasteiger partial charge in [0.05, 0.1) is 15.4 Å². The highest BCUT2D eigenvalue weighted by molar-refractivity contribution is 7.18. The Labute approximate surface area is 127 Å². The number of nitrogens with two attached hydrogens (primary N) is 2. The summed E-state index contributed by atoms with van der Waals surface area (Å²) in [5.74, 6) is -0.907. The summed E-state index contributed by atoms with van der Waals surface area (Å²) < 4.78 is 0. The molecular formula is C15H17N3O2S. The fourth-order valence-corrected chi connectivity index (χ4v) is 3.17. The number of hydrogen-bond acceptors (Lipinski definition) is 4. The topological polar surface area (TPSA) is 98.2 Å². The minimum absolute atomic E-state index is 0.228. The van der Waals surface area contributed by atoms with Gasteiger partial charge in [0.2, 0.25) is 0 Å². The average Bonchev–Trinajstić information content (AvgIpc) is 2.68. The standard InChI is InChI=1S/C15H17N3O2S/c1-7-4-5-10(8(2)6-7)18-15(20)12-9(3)11(13(16)19)14(17)21-12/h4-6H,17H2,1-3H3,(H2,16,19)(H,18,20). The van der Waals surface area contributed by atoms with Crippen molar-refractivity contribution in [2.75, 3.05) is 11.1 Å². The van der Waals surface area contributed by atoms with Gasteiger partial charge in [-0.2, -0.15) is 0 Å². The molecule has 110 valence electrons. The molecule has 1 heterocycles. The largest absolute Gasteiger partial charge is 0.390 e. The van der Waals surface area contributed by atoms with Crippen LogP contribution in [-0.2, 0) is 0 Å². The second kappa shape index (κ2) is 5.57. The van der Waals surface area contributed by atoms with Gasteiger partial charge in [0.1, 0.15) is 0 Å². The third-order valence-corrected chi connectivity index (χ3v) is 4.38. The number of nitrogen functional groups attached to an aromatic ring is 1. The smallest absolute Gasteiger partial charge is 0.266 e. The predicted molar refractivity (Wildman–Crippen MR) is 85.9 cm³/mol. The number of carbonyl (C=O) groups excluding carboxylic acids is 2. The number of rotatable bonds is 3. The van der Waals surface area contributed by atoms with E-state index >= 15 is 0 Å². The van der Waals surface area contributed by atoms with Crippen molar-refractivity contribution in [3.8, 4) is 0 Å². The van der Waals surface area contributed by atoms with Crippen molar-refractivity contribution < 1.29 is 9.59 Å². The zero-order valence-electron chi connectivity index (χ0n) is 12.1. The molecule has 2 rings (SSSR count). The Morgan fingerprint density at radius 1 is 1.19 bits per heavy atom. The van der Waals surface area contributed by atoms with E-state index in [1.54, 1.807) is 6.92 Å². The molecule has 21 heavy (non-hydrogen) atoms. The minimum atomic E-state index is -0.619. The number of thiophene rings is 1. The van der Waals surface area contributed by atoms with E-state index in [4.69, 9.17) is 11.5 Å². The van der Waals surface area contributed by atoms with E-state index in [2.05, 4.69) is 5.32 Å². The number of primary amides is 1. The van der Waals surface area contributed by atoms with E-state index in [0.717, 1.165) is 28.2 Å². The molecule has 0 radical (unpaired) electrons. The van der Waals surface area contributed by atoms with Gasteiger partial charge in [-0.15, -0.1) is 11.3 Å². The van der Waals surface area contributed by atoms with Crippen molar-refractivity contribution in [1.29, 1.82) is 0 Å². The van der Waals surface area contributed by atoms with E-state index in [0.29, 0.717) is 10.4 Å². The number of nitrogens with one attached hydrogen (secondary N) is 1. The van der Waals surface area contributed by atoms with Crippen molar-refractivity contribution in [3.05, 3.63) is 45.3 Å². The highest BCUT2D eigenvalue weighted by Crippen LogP contribution is 2.31. The first-order valence-electron chi connectivity index (χ1n) is 6.38. The number of amides is 2. The van der Waals surface area contributed by atoms with Gasteiger partial charge in [-0.3, -0.25) is 9.59 Å². The van der Waals surface area contributed by atoms with Crippen LogP contribution in [0.2, 0.25) is 0 Å². The Hall–Kier alpha value is -2.34. The highest BCUT2D eigenvalue weighted by Gasteiger charge is 2.22. The Kier molecular flexibility index (Phi) is 3.99. The monoisotopic (exact) mass is 303 g/mol. The molecule has 0 unspecified atom stereocenters. The van der Waals surface area contributed by atoms with Gasteiger partial charge in [-0.1, -0.05) is 17.7 Å². The first-order valence-corrected chi connectivity index (χ1v) is 7.20. The van der Waals surface area contributed by atoms with Gasteiger partial charge in [-0.05, 0) is 38.0 Å². The lowest BCUT2D eigenvalue weighted by molar-refractivity contribution is 0.100. The molecule has 0 aliphatic heterocycles. The van der Waals surface area contributed by atoms with Gasteiger partial charge in [0, 0.05) is 5.69 Å². The predicted octanol–water partition coefficient (Wildman–Crippen LogP) is 2.61. The van der Waals surface area contributed by atoms with E-state index < -0.39 is 5.91 Å².